The first kappa shape index (κ1) is 15.7. The molecule has 122 valence electrons. The SMILES string of the molecule is Cc1ccc(NC(=O)NCc2nc(-c3cccc(C)c3)no2)cc1. The molecule has 0 unspecified atom stereocenters. The fourth-order valence-electron chi connectivity index (χ4n) is 2.20. The van der Waals surface area contributed by atoms with Gasteiger partial charge in [0.05, 0.1) is 6.54 Å². The number of amides is 2. The van der Waals surface area contributed by atoms with Crippen molar-refractivity contribution in [2.45, 2.75) is 20.4 Å². The van der Waals surface area contributed by atoms with Crippen LogP contribution in [0.3, 0.4) is 0 Å². The van der Waals surface area contributed by atoms with E-state index in [2.05, 4.69) is 20.8 Å². The summed E-state index contributed by atoms with van der Waals surface area (Å²) in [5, 5.41) is 9.38. The van der Waals surface area contributed by atoms with Gasteiger partial charge >= 0.3 is 6.03 Å². The van der Waals surface area contributed by atoms with E-state index < -0.39 is 0 Å². The second-order valence-corrected chi connectivity index (χ2v) is 5.55. The molecule has 6 nitrogen and oxygen atoms in total. The number of aryl methyl sites for hydroxylation is 2. The molecule has 0 atom stereocenters. The normalized spacial score (nSPS) is 10.4. The summed E-state index contributed by atoms with van der Waals surface area (Å²) in [6.45, 7) is 4.16. The van der Waals surface area contributed by atoms with Gasteiger partial charge < -0.3 is 15.2 Å². The highest BCUT2D eigenvalue weighted by Crippen LogP contribution is 2.16. The number of carbonyl (C=O) groups excluding carboxylic acids is 1. The van der Waals surface area contributed by atoms with E-state index in [4.69, 9.17) is 4.52 Å². The summed E-state index contributed by atoms with van der Waals surface area (Å²) in [5.41, 5.74) is 3.86. The van der Waals surface area contributed by atoms with Crippen LogP contribution in [0.15, 0.2) is 53.1 Å². The summed E-state index contributed by atoms with van der Waals surface area (Å²) in [6.07, 6.45) is 0. The first-order valence-corrected chi connectivity index (χ1v) is 7.61. The summed E-state index contributed by atoms with van der Waals surface area (Å²) < 4.78 is 5.17. The van der Waals surface area contributed by atoms with Gasteiger partial charge in [0.1, 0.15) is 0 Å². The molecule has 0 fully saturated rings. The van der Waals surface area contributed by atoms with E-state index >= 15 is 0 Å². The van der Waals surface area contributed by atoms with Crippen molar-refractivity contribution in [1.29, 1.82) is 0 Å². The van der Waals surface area contributed by atoms with Gasteiger partial charge in [-0.2, -0.15) is 4.98 Å². The summed E-state index contributed by atoms with van der Waals surface area (Å²) in [7, 11) is 0. The summed E-state index contributed by atoms with van der Waals surface area (Å²) in [4.78, 5) is 16.2. The van der Waals surface area contributed by atoms with Crippen LogP contribution in [0, 0.1) is 13.8 Å². The molecule has 0 bridgehead atoms. The number of hydrogen-bond donors (Lipinski definition) is 2. The molecule has 2 amide bonds. The van der Waals surface area contributed by atoms with Gasteiger partial charge in [-0.05, 0) is 32.0 Å². The molecule has 0 saturated heterocycles. The van der Waals surface area contributed by atoms with Gasteiger partial charge in [-0.3, -0.25) is 0 Å². The number of benzene rings is 2. The Morgan fingerprint density at radius 2 is 1.88 bits per heavy atom. The summed E-state index contributed by atoms with van der Waals surface area (Å²) >= 11 is 0. The first-order valence-electron chi connectivity index (χ1n) is 7.61. The number of anilines is 1. The smallest absolute Gasteiger partial charge is 0.319 e. The maximum Gasteiger partial charge on any atom is 0.319 e. The first-order chi connectivity index (χ1) is 11.6. The van der Waals surface area contributed by atoms with Crippen LogP contribution in [0.25, 0.3) is 11.4 Å². The lowest BCUT2D eigenvalue weighted by molar-refractivity contribution is 0.249. The Hall–Kier alpha value is -3.15. The van der Waals surface area contributed by atoms with Gasteiger partial charge in [0, 0.05) is 11.3 Å². The van der Waals surface area contributed by atoms with E-state index in [9.17, 15) is 4.79 Å². The van der Waals surface area contributed by atoms with E-state index in [1.807, 2.05) is 62.4 Å². The zero-order valence-corrected chi connectivity index (χ0v) is 13.5. The van der Waals surface area contributed by atoms with E-state index in [-0.39, 0.29) is 12.6 Å². The Labute approximate surface area is 139 Å². The maximum absolute atomic E-state index is 11.9. The Balaban J connectivity index is 1.57. The molecule has 24 heavy (non-hydrogen) atoms. The monoisotopic (exact) mass is 322 g/mol. The number of carbonyl (C=O) groups is 1. The van der Waals surface area contributed by atoms with Gasteiger partial charge in [-0.15, -0.1) is 0 Å². The average molecular weight is 322 g/mol. The summed E-state index contributed by atoms with van der Waals surface area (Å²) in [5.74, 6) is 0.861. The highest BCUT2D eigenvalue weighted by Gasteiger charge is 2.10. The number of nitrogens with zero attached hydrogens (tertiary/aromatic N) is 2. The molecule has 0 saturated carbocycles. The van der Waals surface area contributed by atoms with E-state index in [1.54, 1.807) is 0 Å². The second-order valence-electron chi connectivity index (χ2n) is 5.55. The Kier molecular flexibility index (Phi) is 4.56. The lowest BCUT2D eigenvalue weighted by Gasteiger charge is -2.05. The molecule has 3 rings (SSSR count). The van der Waals surface area contributed by atoms with E-state index in [0.29, 0.717) is 11.7 Å². The number of rotatable bonds is 4. The molecule has 6 heteroatoms. The Bertz CT molecular complexity index is 840. The predicted molar refractivity (Wildman–Crippen MR) is 91.5 cm³/mol. The molecule has 2 aromatic carbocycles. The van der Waals surface area contributed by atoms with Gasteiger partial charge in [0.25, 0.3) is 0 Å². The van der Waals surface area contributed by atoms with E-state index in [0.717, 1.165) is 22.4 Å². The third-order valence-corrected chi connectivity index (χ3v) is 3.45. The fraction of sp³-hybridized carbons (Fsp3) is 0.167. The molecule has 1 aromatic heterocycles. The van der Waals surface area contributed by atoms with Crippen molar-refractivity contribution in [1.82, 2.24) is 15.5 Å². The third kappa shape index (κ3) is 3.98. The third-order valence-electron chi connectivity index (χ3n) is 3.45. The molecule has 1 heterocycles. The van der Waals surface area contributed by atoms with Crippen molar-refractivity contribution in [2.75, 3.05) is 5.32 Å². The summed E-state index contributed by atoms with van der Waals surface area (Å²) in [6, 6.07) is 15.1. The van der Waals surface area contributed by atoms with Crippen LogP contribution in [0.4, 0.5) is 10.5 Å². The van der Waals surface area contributed by atoms with Crippen LogP contribution in [0.5, 0.6) is 0 Å². The van der Waals surface area contributed by atoms with Crippen molar-refractivity contribution in [3.05, 3.63) is 65.5 Å². The Morgan fingerprint density at radius 1 is 1.08 bits per heavy atom. The molecule has 0 radical (unpaired) electrons. The fourth-order valence-corrected chi connectivity index (χ4v) is 2.20. The van der Waals surface area contributed by atoms with Gasteiger partial charge in [-0.25, -0.2) is 4.79 Å². The highest BCUT2D eigenvalue weighted by molar-refractivity contribution is 5.89. The average Bonchev–Trinajstić information content (AvgIpc) is 3.04. The minimum atomic E-state index is -0.325. The minimum Gasteiger partial charge on any atom is -0.337 e. The molecule has 0 spiro atoms. The van der Waals surface area contributed by atoms with Crippen LogP contribution >= 0.6 is 0 Å². The van der Waals surface area contributed by atoms with Gasteiger partial charge in [0.2, 0.25) is 11.7 Å². The number of nitrogens with one attached hydrogen (secondary N) is 2. The van der Waals surface area contributed by atoms with Crippen molar-refractivity contribution in [3.8, 4) is 11.4 Å². The molecule has 0 aliphatic rings. The Morgan fingerprint density at radius 3 is 2.62 bits per heavy atom. The molecular formula is C18H18N4O2. The lowest BCUT2D eigenvalue weighted by Crippen LogP contribution is -2.28. The second kappa shape index (κ2) is 6.95. The molecular weight excluding hydrogens is 304 g/mol. The standard InChI is InChI=1S/C18H18N4O2/c1-12-6-8-15(9-7-12)20-18(23)19-11-16-21-17(22-24-16)14-5-3-4-13(2)10-14/h3-10H,11H2,1-2H3,(H2,19,20,23). The van der Waals surface area contributed by atoms with Gasteiger partial charge in [-0.1, -0.05) is 46.6 Å². The maximum atomic E-state index is 11.9. The van der Waals surface area contributed by atoms with Crippen LogP contribution in [0.1, 0.15) is 17.0 Å². The predicted octanol–water partition coefficient (Wildman–Crippen LogP) is 3.68. The molecule has 0 aliphatic heterocycles. The minimum absolute atomic E-state index is 0.163. The van der Waals surface area contributed by atoms with Crippen molar-refractivity contribution in [3.63, 3.8) is 0 Å². The van der Waals surface area contributed by atoms with Crippen LogP contribution in [0.2, 0.25) is 0 Å². The number of aromatic nitrogens is 2. The largest absolute Gasteiger partial charge is 0.337 e. The van der Waals surface area contributed by atoms with E-state index in [1.165, 1.54) is 0 Å². The van der Waals surface area contributed by atoms with Gasteiger partial charge in [0.15, 0.2) is 0 Å². The van der Waals surface area contributed by atoms with Crippen molar-refractivity contribution >= 4 is 11.7 Å². The zero-order chi connectivity index (χ0) is 16.9. The van der Waals surface area contributed by atoms with Crippen LogP contribution in [-0.4, -0.2) is 16.2 Å². The highest BCUT2D eigenvalue weighted by atomic mass is 16.5. The lowest BCUT2D eigenvalue weighted by atomic mass is 10.1. The zero-order valence-electron chi connectivity index (χ0n) is 13.5. The number of hydrogen-bond acceptors (Lipinski definition) is 4. The topological polar surface area (TPSA) is 80.0 Å². The van der Waals surface area contributed by atoms with Crippen molar-refractivity contribution in [2.24, 2.45) is 0 Å². The molecule has 3 aromatic rings. The molecule has 2 N–H and O–H groups in total. The quantitative estimate of drug-likeness (QED) is 0.768. The van der Waals surface area contributed by atoms with Crippen molar-refractivity contribution < 1.29 is 9.32 Å². The molecule has 0 aliphatic carbocycles. The van der Waals surface area contributed by atoms with Crippen LogP contribution in [-0.2, 0) is 6.54 Å². The number of urea groups is 1. The van der Waals surface area contributed by atoms with Crippen LogP contribution < -0.4 is 10.6 Å².